The van der Waals surface area contributed by atoms with Crippen molar-refractivity contribution in [3.63, 3.8) is 0 Å². The van der Waals surface area contributed by atoms with E-state index in [1.54, 1.807) is 0 Å². The van der Waals surface area contributed by atoms with E-state index in [9.17, 15) is 19.2 Å². The minimum Gasteiger partial charge on any atom is -0.378 e. The summed E-state index contributed by atoms with van der Waals surface area (Å²) in [5.41, 5.74) is 0. The van der Waals surface area contributed by atoms with Crippen LogP contribution in [-0.2, 0) is 38.7 Å². The van der Waals surface area contributed by atoms with Gasteiger partial charge in [0.2, 0.25) is 0 Å². The highest BCUT2D eigenvalue weighted by molar-refractivity contribution is 5.86. The molecule has 1 fully saturated rings. The molecule has 2 unspecified atom stereocenters. The lowest BCUT2D eigenvalue weighted by molar-refractivity contribution is -0.279. The highest BCUT2D eigenvalue weighted by atomic mass is 17.2. The van der Waals surface area contributed by atoms with E-state index in [1.807, 2.05) is 0 Å². The molecule has 10 heteroatoms. The minimum absolute atomic E-state index is 0.498. The summed E-state index contributed by atoms with van der Waals surface area (Å²) in [6, 6.07) is 0. The summed E-state index contributed by atoms with van der Waals surface area (Å²) in [5, 5.41) is 18.2. The fourth-order valence-electron chi connectivity index (χ4n) is 0.819. The van der Waals surface area contributed by atoms with E-state index in [-0.39, 0.29) is 0 Å². The van der Waals surface area contributed by atoms with Crippen molar-refractivity contribution >= 4 is 23.9 Å². The smallest absolute Gasteiger partial charge is 0.378 e. The van der Waals surface area contributed by atoms with Crippen LogP contribution in [0.3, 0.4) is 0 Å². The molecule has 18 heavy (non-hydrogen) atoms. The number of aliphatic hydroxyl groups excluding tert-OH is 2. The summed E-state index contributed by atoms with van der Waals surface area (Å²) >= 11 is 0. The quantitative estimate of drug-likeness (QED) is 0.450. The molecule has 0 aromatic rings. The third-order valence-corrected chi connectivity index (χ3v) is 1.75. The van der Waals surface area contributed by atoms with Crippen LogP contribution in [-0.4, -0.2) is 46.3 Å². The zero-order valence-electron chi connectivity index (χ0n) is 8.73. The lowest BCUT2D eigenvalue weighted by Gasteiger charge is -2.14. The molecule has 0 saturated carbocycles. The van der Waals surface area contributed by atoms with Crippen molar-refractivity contribution in [2.75, 3.05) is 0 Å². The molecule has 100 valence electrons. The maximum atomic E-state index is 11.0. The van der Waals surface area contributed by atoms with Crippen molar-refractivity contribution in [2.24, 2.45) is 0 Å². The Balaban J connectivity index is 2.75. The second kappa shape index (κ2) is 5.93. The number of rotatable bonds is 0. The van der Waals surface area contributed by atoms with Gasteiger partial charge in [0.25, 0.3) is 0 Å². The summed E-state index contributed by atoms with van der Waals surface area (Å²) in [6.45, 7) is 0. The van der Waals surface area contributed by atoms with Gasteiger partial charge in [0.1, 0.15) is 0 Å². The predicted molar refractivity (Wildman–Crippen MR) is 45.6 cm³/mol. The fraction of sp³-hybridized carbons (Fsp3) is 0.500. The maximum Gasteiger partial charge on any atom is 0.387 e. The van der Waals surface area contributed by atoms with Crippen LogP contribution >= 0.6 is 0 Å². The highest BCUT2D eigenvalue weighted by Crippen LogP contribution is 2.05. The van der Waals surface area contributed by atoms with E-state index >= 15 is 0 Å². The Morgan fingerprint density at radius 1 is 0.722 bits per heavy atom. The van der Waals surface area contributed by atoms with Crippen LogP contribution in [0.25, 0.3) is 0 Å². The topological polar surface area (TPSA) is 146 Å². The molecule has 1 rings (SSSR count). The van der Waals surface area contributed by atoms with Gasteiger partial charge in [-0.1, -0.05) is 0 Å². The summed E-state index contributed by atoms with van der Waals surface area (Å²) in [5.74, 6) is -5.35. The second-order valence-corrected chi connectivity index (χ2v) is 3.11. The SMILES string of the molecule is O=C1CCC(=O)OOC(=O)C(O)C(O)C(=O)OO1. The number of carbonyl (C=O) groups is 4. The van der Waals surface area contributed by atoms with Gasteiger partial charge in [-0.05, 0) is 0 Å². The van der Waals surface area contributed by atoms with Gasteiger partial charge >= 0.3 is 23.9 Å². The Kier molecular flexibility index (Phi) is 4.57. The van der Waals surface area contributed by atoms with Gasteiger partial charge in [-0.25, -0.2) is 38.7 Å². The average Bonchev–Trinajstić information content (AvgIpc) is 2.36. The molecule has 1 aliphatic heterocycles. The van der Waals surface area contributed by atoms with Gasteiger partial charge in [0, 0.05) is 0 Å². The van der Waals surface area contributed by atoms with E-state index in [0.29, 0.717) is 0 Å². The lowest BCUT2D eigenvalue weighted by atomic mass is 10.2. The first-order valence-corrected chi connectivity index (χ1v) is 4.60. The monoisotopic (exact) mass is 264 g/mol. The molecule has 0 spiro atoms. The molecule has 0 amide bonds. The molecule has 2 atom stereocenters. The van der Waals surface area contributed by atoms with Crippen molar-refractivity contribution in [3.8, 4) is 0 Å². The lowest BCUT2D eigenvalue weighted by Crippen LogP contribution is -2.42. The van der Waals surface area contributed by atoms with E-state index < -0.39 is 48.9 Å². The van der Waals surface area contributed by atoms with Crippen LogP contribution in [0.4, 0.5) is 0 Å². The zero-order valence-corrected chi connectivity index (χ0v) is 8.73. The molecule has 0 radical (unpaired) electrons. The normalized spacial score (nSPS) is 27.0. The van der Waals surface area contributed by atoms with E-state index in [0.717, 1.165) is 0 Å². The van der Waals surface area contributed by atoms with E-state index in [4.69, 9.17) is 10.2 Å². The standard InChI is InChI=1S/C8H8O10/c9-3-1-2-4(10)16-18-8(14)6(12)5(11)7(13)17-15-3/h5-6,11-12H,1-2H2. The third kappa shape index (κ3) is 3.68. The Morgan fingerprint density at radius 3 is 1.39 bits per heavy atom. The van der Waals surface area contributed by atoms with Gasteiger partial charge in [0.05, 0.1) is 12.8 Å². The highest BCUT2D eigenvalue weighted by Gasteiger charge is 2.36. The van der Waals surface area contributed by atoms with Crippen LogP contribution in [0.2, 0.25) is 0 Å². The molecule has 0 aliphatic carbocycles. The Bertz CT molecular complexity index is 338. The van der Waals surface area contributed by atoms with Gasteiger partial charge < -0.3 is 10.2 Å². The summed E-state index contributed by atoms with van der Waals surface area (Å²) in [7, 11) is 0. The first kappa shape index (κ1) is 13.9. The van der Waals surface area contributed by atoms with Crippen LogP contribution < -0.4 is 0 Å². The summed E-state index contributed by atoms with van der Waals surface area (Å²) < 4.78 is 0. The number of hydrogen-bond donors (Lipinski definition) is 2. The Morgan fingerprint density at radius 2 is 1.06 bits per heavy atom. The predicted octanol–water partition coefficient (Wildman–Crippen LogP) is -2.50. The summed E-state index contributed by atoms with van der Waals surface area (Å²) in [4.78, 5) is 59.2. The van der Waals surface area contributed by atoms with Crippen molar-refractivity contribution in [3.05, 3.63) is 0 Å². The molecule has 2 N–H and O–H groups in total. The average molecular weight is 264 g/mol. The van der Waals surface area contributed by atoms with Crippen LogP contribution in [0, 0.1) is 0 Å². The molecular formula is C8H8O10. The maximum absolute atomic E-state index is 11.0. The molecule has 1 aliphatic rings. The molecule has 0 aromatic heterocycles. The molecule has 1 saturated heterocycles. The first-order valence-electron chi connectivity index (χ1n) is 4.60. The van der Waals surface area contributed by atoms with Crippen molar-refractivity contribution in [1.29, 1.82) is 0 Å². The Hall–Kier alpha value is -2.20. The van der Waals surface area contributed by atoms with E-state index in [2.05, 4.69) is 19.6 Å². The molecule has 10 nitrogen and oxygen atoms in total. The van der Waals surface area contributed by atoms with Gasteiger partial charge in [-0.15, -0.1) is 0 Å². The Labute approximate surface area is 98.8 Å². The van der Waals surface area contributed by atoms with Crippen LogP contribution in [0.15, 0.2) is 0 Å². The fourth-order valence-corrected chi connectivity index (χ4v) is 0.819. The van der Waals surface area contributed by atoms with Crippen LogP contribution in [0.5, 0.6) is 0 Å². The van der Waals surface area contributed by atoms with Crippen molar-refractivity contribution in [1.82, 2.24) is 0 Å². The zero-order chi connectivity index (χ0) is 13.7. The number of hydrogen-bond acceptors (Lipinski definition) is 10. The number of aliphatic hydroxyl groups is 2. The first-order chi connectivity index (χ1) is 8.41. The largest absolute Gasteiger partial charge is 0.387 e. The second-order valence-electron chi connectivity index (χ2n) is 3.11. The van der Waals surface area contributed by atoms with Gasteiger partial charge in [-0.3, -0.25) is 0 Å². The van der Waals surface area contributed by atoms with Crippen LogP contribution in [0.1, 0.15) is 12.8 Å². The van der Waals surface area contributed by atoms with E-state index in [1.165, 1.54) is 0 Å². The van der Waals surface area contributed by atoms with Gasteiger partial charge in [-0.2, -0.15) is 0 Å². The third-order valence-electron chi connectivity index (χ3n) is 1.75. The van der Waals surface area contributed by atoms with Gasteiger partial charge in [0.15, 0.2) is 12.2 Å². The molecular weight excluding hydrogens is 256 g/mol. The molecule has 0 bridgehead atoms. The minimum atomic E-state index is -2.36. The number of carbonyl (C=O) groups excluding carboxylic acids is 4. The van der Waals surface area contributed by atoms with Crippen molar-refractivity contribution in [2.45, 2.75) is 25.0 Å². The summed E-state index contributed by atoms with van der Waals surface area (Å²) in [6.07, 6.45) is -5.71. The molecule has 0 aromatic carbocycles. The molecule has 1 heterocycles. The van der Waals surface area contributed by atoms with Crippen molar-refractivity contribution < 1.29 is 48.9 Å².